The van der Waals surface area contributed by atoms with Gasteiger partial charge in [-0.3, -0.25) is 4.79 Å². The van der Waals surface area contributed by atoms with Gasteiger partial charge < -0.3 is 10.2 Å². The first-order valence-electron chi connectivity index (χ1n) is 5.91. The van der Waals surface area contributed by atoms with Gasteiger partial charge in [0.2, 0.25) is 0 Å². The lowest BCUT2D eigenvalue weighted by atomic mass is 10.1. The third-order valence-corrected chi connectivity index (χ3v) is 3.00. The van der Waals surface area contributed by atoms with E-state index in [4.69, 9.17) is 11.6 Å². The van der Waals surface area contributed by atoms with Crippen LogP contribution in [0.3, 0.4) is 0 Å². The molecule has 0 spiro atoms. The first kappa shape index (κ1) is 13.9. The van der Waals surface area contributed by atoms with Crippen LogP contribution in [-0.4, -0.2) is 17.9 Å². The van der Waals surface area contributed by atoms with Crippen molar-refractivity contribution in [2.75, 3.05) is 12.4 Å². The van der Waals surface area contributed by atoms with Crippen LogP contribution in [0.4, 0.5) is 5.69 Å². The monoisotopic (exact) mass is 285 g/mol. The number of nitriles is 1. The number of carbonyl (C=O) groups excluding carboxylic acids is 1. The number of hydrogen-bond acceptors (Lipinski definition) is 3. The fourth-order valence-corrected chi connectivity index (χ4v) is 1.86. The Labute approximate surface area is 122 Å². The quantitative estimate of drug-likeness (QED) is 0.671. The number of allylic oxidation sites excluding steroid dienone is 3. The van der Waals surface area contributed by atoms with Crippen LogP contribution < -0.4 is 5.32 Å². The number of rotatable bonds is 2. The van der Waals surface area contributed by atoms with Crippen molar-refractivity contribution in [3.63, 3.8) is 0 Å². The van der Waals surface area contributed by atoms with E-state index in [9.17, 15) is 10.1 Å². The zero-order valence-electron chi connectivity index (χ0n) is 10.8. The zero-order valence-corrected chi connectivity index (χ0v) is 11.6. The second-order valence-electron chi connectivity index (χ2n) is 4.14. The van der Waals surface area contributed by atoms with Crippen molar-refractivity contribution in [2.45, 2.75) is 0 Å². The maximum Gasteiger partial charge on any atom is 0.268 e. The maximum absolute atomic E-state index is 12.2. The molecule has 0 saturated carbocycles. The Morgan fingerprint density at radius 1 is 1.30 bits per heavy atom. The number of hydrogen-bond donors (Lipinski definition) is 1. The van der Waals surface area contributed by atoms with E-state index in [-0.39, 0.29) is 5.57 Å². The highest BCUT2D eigenvalue weighted by atomic mass is 35.5. The van der Waals surface area contributed by atoms with E-state index in [1.54, 1.807) is 54.6 Å². The summed E-state index contributed by atoms with van der Waals surface area (Å²) in [5, 5.41) is 12.5. The first-order chi connectivity index (χ1) is 9.61. The maximum atomic E-state index is 12.2. The van der Waals surface area contributed by atoms with Crippen LogP contribution in [0.25, 0.3) is 0 Å². The SMILES string of the molecule is CN1C=CC=C/C1=C(/C#N)C(=O)Nc1ccc(Cl)cc1. The molecule has 1 aromatic rings. The number of nitrogens with one attached hydrogen (secondary N) is 1. The predicted octanol–water partition coefficient (Wildman–Crippen LogP) is 3.07. The van der Waals surface area contributed by atoms with Crippen molar-refractivity contribution < 1.29 is 4.79 Å². The normalized spacial score (nSPS) is 15.8. The van der Waals surface area contributed by atoms with E-state index < -0.39 is 5.91 Å². The molecular weight excluding hydrogens is 274 g/mol. The number of halogens is 1. The summed E-state index contributed by atoms with van der Waals surface area (Å²) >= 11 is 5.78. The summed E-state index contributed by atoms with van der Waals surface area (Å²) in [4.78, 5) is 13.9. The third kappa shape index (κ3) is 3.08. The van der Waals surface area contributed by atoms with Crippen LogP contribution >= 0.6 is 11.6 Å². The van der Waals surface area contributed by atoms with E-state index in [0.29, 0.717) is 16.4 Å². The molecule has 100 valence electrons. The Balaban J connectivity index is 2.25. The molecule has 0 radical (unpaired) electrons. The fourth-order valence-electron chi connectivity index (χ4n) is 1.73. The number of benzene rings is 1. The number of nitrogens with zero attached hydrogens (tertiary/aromatic N) is 2. The summed E-state index contributed by atoms with van der Waals surface area (Å²) in [6.07, 6.45) is 7.11. The molecule has 0 unspecified atom stereocenters. The van der Waals surface area contributed by atoms with Gasteiger partial charge in [-0.25, -0.2) is 0 Å². The van der Waals surface area contributed by atoms with Gasteiger partial charge >= 0.3 is 0 Å². The molecule has 0 fully saturated rings. The van der Waals surface area contributed by atoms with Gasteiger partial charge in [-0.15, -0.1) is 0 Å². The summed E-state index contributed by atoms with van der Waals surface area (Å²) in [5.74, 6) is -0.448. The minimum Gasteiger partial charge on any atom is -0.350 e. The number of amides is 1. The summed E-state index contributed by atoms with van der Waals surface area (Å²) in [7, 11) is 1.78. The highest BCUT2D eigenvalue weighted by Gasteiger charge is 2.17. The molecule has 1 N–H and O–H groups in total. The van der Waals surface area contributed by atoms with Crippen LogP contribution in [0.15, 0.2) is 60.0 Å². The van der Waals surface area contributed by atoms with Crippen molar-refractivity contribution in [1.29, 1.82) is 5.26 Å². The molecule has 0 bridgehead atoms. The van der Waals surface area contributed by atoms with Crippen molar-refractivity contribution in [2.24, 2.45) is 0 Å². The van der Waals surface area contributed by atoms with Crippen LogP contribution in [0.2, 0.25) is 5.02 Å². The van der Waals surface area contributed by atoms with Crippen LogP contribution in [0, 0.1) is 11.3 Å². The topological polar surface area (TPSA) is 56.1 Å². The van der Waals surface area contributed by atoms with E-state index in [2.05, 4.69) is 5.32 Å². The highest BCUT2D eigenvalue weighted by molar-refractivity contribution is 6.30. The fraction of sp³-hybridized carbons (Fsp3) is 0.0667. The van der Waals surface area contributed by atoms with Gasteiger partial charge in [-0.1, -0.05) is 17.7 Å². The lowest BCUT2D eigenvalue weighted by molar-refractivity contribution is -0.112. The Hall–Kier alpha value is -2.51. The zero-order chi connectivity index (χ0) is 14.5. The Bertz CT molecular complexity index is 651. The largest absolute Gasteiger partial charge is 0.350 e. The molecule has 4 nitrogen and oxygen atoms in total. The van der Waals surface area contributed by atoms with Gasteiger partial charge in [-0.2, -0.15) is 5.26 Å². The summed E-state index contributed by atoms with van der Waals surface area (Å²) < 4.78 is 0. The molecule has 20 heavy (non-hydrogen) atoms. The Morgan fingerprint density at radius 3 is 2.60 bits per heavy atom. The highest BCUT2D eigenvalue weighted by Crippen LogP contribution is 2.18. The first-order valence-corrected chi connectivity index (χ1v) is 6.28. The molecule has 1 aliphatic rings. The van der Waals surface area contributed by atoms with E-state index in [1.807, 2.05) is 12.1 Å². The minimum atomic E-state index is -0.448. The van der Waals surface area contributed by atoms with Gasteiger partial charge in [0, 0.05) is 24.0 Å². The van der Waals surface area contributed by atoms with Crippen molar-refractivity contribution >= 4 is 23.2 Å². The Kier molecular flexibility index (Phi) is 4.24. The van der Waals surface area contributed by atoms with E-state index in [1.165, 1.54) is 0 Å². The summed E-state index contributed by atoms with van der Waals surface area (Å²) in [6, 6.07) is 8.65. The second kappa shape index (κ2) is 6.09. The molecule has 0 aromatic heterocycles. The standard InChI is InChI=1S/C15H12ClN3O/c1-19-9-3-2-4-14(19)13(10-17)15(20)18-12-7-5-11(16)6-8-12/h2-9H,1H3,(H,18,20)/b14-13+. The lowest BCUT2D eigenvalue weighted by Crippen LogP contribution is -2.20. The van der Waals surface area contributed by atoms with Gasteiger partial charge in [0.25, 0.3) is 5.91 Å². The molecular formula is C15H12ClN3O. The van der Waals surface area contributed by atoms with Gasteiger partial charge in [0.1, 0.15) is 11.6 Å². The van der Waals surface area contributed by atoms with Crippen molar-refractivity contribution in [3.05, 3.63) is 65.0 Å². The number of carbonyl (C=O) groups is 1. The molecule has 2 rings (SSSR count). The summed E-state index contributed by atoms with van der Waals surface area (Å²) in [5.41, 5.74) is 1.20. The number of anilines is 1. The third-order valence-electron chi connectivity index (χ3n) is 2.75. The molecule has 0 atom stereocenters. The lowest BCUT2D eigenvalue weighted by Gasteiger charge is -2.19. The van der Waals surface area contributed by atoms with Crippen LogP contribution in [0.5, 0.6) is 0 Å². The van der Waals surface area contributed by atoms with Gasteiger partial charge in [0.15, 0.2) is 0 Å². The van der Waals surface area contributed by atoms with Crippen LogP contribution in [0.1, 0.15) is 0 Å². The Morgan fingerprint density at radius 2 is 2.00 bits per heavy atom. The second-order valence-corrected chi connectivity index (χ2v) is 4.58. The smallest absolute Gasteiger partial charge is 0.268 e. The average molecular weight is 286 g/mol. The van der Waals surface area contributed by atoms with Crippen molar-refractivity contribution in [3.8, 4) is 6.07 Å². The molecule has 5 heteroatoms. The number of likely N-dealkylation sites (N-methyl/N-ethyl adjacent to an activating group) is 1. The van der Waals surface area contributed by atoms with E-state index in [0.717, 1.165) is 0 Å². The summed E-state index contributed by atoms with van der Waals surface area (Å²) in [6.45, 7) is 0. The minimum absolute atomic E-state index is 0.0584. The van der Waals surface area contributed by atoms with E-state index >= 15 is 0 Å². The van der Waals surface area contributed by atoms with Gasteiger partial charge in [-0.05, 0) is 36.4 Å². The average Bonchev–Trinajstić information content (AvgIpc) is 2.44. The predicted molar refractivity (Wildman–Crippen MR) is 78.8 cm³/mol. The molecule has 1 aromatic carbocycles. The van der Waals surface area contributed by atoms with Crippen LogP contribution in [-0.2, 0) is 4.79 Å². The molecule has 0 saturated heterocycles. The van der Waals surface area contributed by atoms with Gasteiger partial charge in [0.05, 0.1) is 5.70 Å². The molecule has 1 aliphatic heterocycles. The molecule has 1 amide bonds. The molecule has 1 heterocycles. The molecule has 0 aliphatic carbocycles. The van der Waals surface area contributed by atoms with Crippen molar-refractivity contribution in [1.82, 2.24) is 4.90 Å².